The molecule has 1 heterocycles. The maximum Gasteiger partial charge on any atom is 0.131 e. The molecule has 27 heavy (non-hydrogen) atoms. The van der Waals surface area contributed by atoms with Crippen molar-refractivity contribution >= 4 is 0 Å². The minimum absolute atomic E-state index is 0.562. The van der Waals surface area contributed by atoms with E-state index in [0.717, 1.165) is 23.9 Å². The summed E-state index contributed by atoms with van der Waals surface area (Å²) in [4.78, 5) is 9.71. The second kappa shape index (κ2) is 10.0. The van der Waals surface area contributed by atoms with E-state index in [9.17, 15) is 0 Å². The molecule has 2 aromatic rings. The van der Waals surface area contributed by atoms with Crippen molar-refractivity contribution in [3.05, 3.63) is 47.5 Å². The molecule has 0 bridgehead atoms. The molecule has 3 rings (SSSR count). The van der Waals surface area contributed by atoms with Gasteiger partial charge in [-0.3, -0.25) is 0 Å². The first kappa shape index (κ1) is 20.0. The fraction of sp³-hybridized carbons (Fsp3) is 0.600. The maximum absolute atomic E-state index is 4.92. The molecule has 1 aromatic heterocycles. The van der Waals surface area contributed by atoms with Crippen molar-refractivity contribution < 1.29 is 0 Å². The molecule has 2 nitrogen and oxygen atoms in total. The first-order chi connectivity index (χ1) is 13.2. The Kier molecular flexibility index (Phi) is 7.43. The van der Waals surface area contributed by atoms with Gasteiger partial charge in [-0.1, -0.05) is 70.2 Å². The molecule has 1 aliphatic carbocycles. The van der Waals surface area contributed by atoms with Crippen LogP contribution >= 0.6 is 0 Å². The molecule has 0 aliphatic heterocycles. The van der Waals surface area contributed by atoms with E-state index < -0.39 is 0 Å². The minimum atomic E-state index is 0.562. The molecular formula is C25H36N2. The van der Waals surface area contributed by atoms with Gasteiger partial charge in [0.05, 0.1) is 0 Å². The smallest absolute Gasteiger partial charge is 0.131 e. The monoisotopic (exact) mass is 364 g/mol. The van der Waals surface area contributed by atoms with E-state index in [4.69, 9.17) is 9.97 Å². The number of nitrogens with zero attached hydrogens (tertiary/aromatic N) is 2. The summed E-state index contributed by atoms with van der Waals surface area (Å²) in [5.74, 6) is 2.58. The van der Waals surface area contributed by atoms with Crippen molar-refractivity contribution in [3.63, 3.8) is 0 Å². The number of aromatic nitrogens is 2. The Morgan fingerprint density at radius 3 is 2.30 bits per heavy atom. The van der Waals surface area contributed by atoms with E-state index in [1.165, 1.54) is 74.5 Å². The van der Waals surface area contributed by atoms with Gasteiger partial charge in [-0.15, -0.1) is 0 Å². The summed E-state index contributed by atoms with van der Waals surface area (Å²) < 4.78 is 0. The zero-order chi connectivity index (χ0) is 19.1. The molecular weight excluding hydrogens is 328 g/mol. The normalized spacial score (nSPS) is 20.0. The number of benzene rings is 1. The van der Waals surface area contributed by atoms with Crippen LogP contribution in [0.15, 0.2) is 30.5 Å². The Morgan fingerprint density at radius 1 is 0.926 bits per heavy atom. The van der Waals surface area contributed by atoms with Crippen LogP contribution in [0.3, 0.4) is 0 Å². The molecule has 0 atom stereocenters. The van der Waals surface area contributed by atoms with Gasteiger partial charge >= 0.3 is 0 Å². The third kappa shape index (κ3) is 5.40. The summed E-state index contributed by atoms with van der Waals surface area (Å²) in [5.41, 5.74) is 4.94. The van der Waals surface area contributed by atoms with Crippen LogP contribution in [0.4, 0.5) is 0 Å². The Balaban J connectivity index is 1.61. The van der Waals surface area contributed by atoms with E-state index in [1.54, 1.807) is 0 Å². The van der Waals surface area contributed by atoms with Gasteiger partial charge in [-0.25, -0.2) is 9.97 Å². The van der Waals surface area contributed by atoms with Crippen LogP contribution in [0.25, 0.3) is 11.1 Å². The zero-order valence-corrected chi connectivity index (χ0v) is 17.5. The number of hydrogen-bond donors (Lipinski definition) is 0. The highest BCUT2D eigenvalue weighted by molar-refractivity contribution is 5.65. The molecule has 1 aliphatic rings. The van der Waals surface area contributed by atoms with E-state index >= 15 is 0 Å². The summed E-state index contributed by atoms with van der Waals surface area (Å²) >= 11 is 0. The molecule has 2 heteroatoms. The third-order valence-corrected chi connectivity index (χ3v) is 6.23. The molecule has 1 aromatic carbocycles. The number of aryl methyl sites for hydroxylation is 2. The number of hydrogen-bond acceptors (Lipinski definition) is 2. The second-order valence-electron chi connectivity index (χ2n) is 8.39. The molecule has 0 spiro atoms. The topological polar surface area (TPSA) is 25.8 Å². The largest absolute Gasteiger partial charge is 0.240 e. The lowest BCUT2D eigenvalue weighted by molar-refractivity contribution is 0.297. The fourth-order valence-corrected chi connectivity index (χ4v) is 4.50. The maximum atomic E-state index is 4.92. The molecule has 146 valence electrons. The van der Waals surface area contributed by atoms with Crippen molar-refractivity contribution in [1.29, 1.82) is 0 Å². The molecule has 0 unspecified atom stereocenters. The molecule has 0 N–H and O–H groups in total. The molecule has 0 saturated heterocycles. The molecule has 0 radical (unpaired) electrons. The van der Waals surface area contributed by atoms with Crippen LogP contribution in [-0.2, 0) is 6.42 Å². The lowest BCUT2D eigenvalue weighted by atomic mass is 9.79. The van der Waals surface area contributed by atoms with E-state index in [-0.39, 0.29) is 0 Å². The lowest BCUT2D eigenvalue weighted by Crippen LogP contribution is -2.16. The van der Waals surface area contributed by atoms with Gasteiger partial charge in [0.25, 0.3) is 0 Å². The molecule has 0 amide bonds. The SMILES string of the molecule is CCCCC[C@H]1CC[C@H](c2ncc(-c3ccc(CCC)cc3)c(C)n2)CC1. The first-order valence-electron chi connectivity index (χ1n) is 11.1. The summed E-state index contributed by atoms with van der Waals surface area (Å²) in [6.07, 6.45) is 15.2. The summed E-state index contributed by atoms with van der Waals surface area (Å²) in [7, 11) is 0. The standard InChI is InChI=1S/C25H36N2/c1-4-6-7-9-21-12-16-23(17-13-21)25-26-18-24(19(3)27-25)22-14-10-20(8-5-2)11-15-22/h10-11,14-15,18,21,23H,4-9,12-13,16-17H2,1-3H3/t21-,23-. The second-order valence-corrected chi connectivity index (χ2v) is 8.39. The highest BCUT2D eigenvalue weighted by atomic mass is 14.9. The average molecular weight is 365 g/mol. The van der Waals surface area contributed by atoms with Crippen molar-refractivity contribution in [2.24, 2.45) is 5.92 Å². The van der Waals surface area contributed by atoms with Gasteiger partial charge in [-0.05, 0) is 56.1 Å². The first-order valence-corrected chi connectivity index (χ1v) is 11.1. The highest BCUT2D eigenvalue weighted by Crippen LogP contribution is 2.37. The van der Waals surface area contributed by atoms with Crippen molar-refractivity contribution in [3.8, 4) is 11.1 Å². The predicted molar refractivity (Wildman–Crippen MR) is 115 cm³/mol. The summed E-state index contributed by atoms with van der Waals surface area (Å²) in [5, 5.41) is 0. The van der Waals surface area contributed by atoms with Gasteiger partial charge in [-0.2, -0.15) is 0 Å². The van der Waals surface area contributed by atoms with Crippen molar-refractivity contribution in [2.75, 3.05) is 0 Å². The number of rotatable bonds is 8. The Bertz CT molecular complexity index is 697. The van der Waals surface area contributed by atoms with Crippen molar-refractivity contribution in [1.82, 2.24) is 9.97 Å². The highest BCUT2D eigenvalue weighted by Gasteiger charge is 2.24. The van der Waals surface area contributed by atoms with Crippen LogP contribution in [-0.4, -0.2) is 9.97 Å². The van der Waals surface area contributed by atoms with Crippen LogP contribution < -0.4 is 0 Å². The van der Waals surface area contributed by atoms with Gasteiger partial charge in [0.1, 0.15) is 5.82 Å². The van der Waals surface area contributed by atoms with Gasteiger partial charge in [0, 0.05) is 23.4 Å². The molecule has 1 saturated carbocycles. The van der Waals surface area contributed by atoms with E-state index in [1.807, 2.05) is 0 Å². The van der Waals surface area contributed by atoms with E-state index in [2.05, 4.69) is 51.2 Å². The Hall–Kier alpha value is -1.70. The van der Waals surface area contributed by atoms with Gasteiger partial charge in [0.2, 0.25) is 0 Å². The quantitative estimate of drug-likeness (QED) is 0.461. The van der Waals surface area contributed by atoms with E-state index in [0.29, 0.717) is 5.92 Å². The van der Waals surface area contributed by atoms with Gasteiger partial charge in [0.15, 0.2) is 0 Å². The lowest BCUT2D eigenvalue weighted by Gasteiger charge is -2.28. The minimum Gasteiger partial charge on any atom is -0.240 e. The van der Waals surface area contributed by atoms with Crippen LogP contribution in [0.1, 0.15) is 94.6 Å². The predicted octanol–water partition coefficient (Wildman–Crippen LogP) is 7.26. The molecule has 1 fully saturated rings. The zero-order valence-electron chi connectivity index (χ0n) is 17.5. The van der Waals surface area contributed by atoms with Gasteiger partial charge < -0.3 is 0 Å². The Labute approximate surface area is 165 Å². The van der Waals surface area contributed by atoms with Crippen LogP contribution in [0.5, 0.6) is 0 Å². The Morgan fingerprint density at radius 2 is 1.67 bits per heavy atom. The summed E-state index contributed by atoms with van der Waals surface area (Å²) in [6.45, 7) is 6.65. The number of unbranched alkanes of at least 4 members (excludes halogenated alkanes) is 2. The summed E-state index contributed by atoms with van der Waals surface area (Å²) in [6, 6.07) is 8.92. The van der Waals surface area contributed by atoms with Crippen molar-refractivity contribution in [2.45, 2.75) is 90.9 Å². The fourth-order valence-electron chi connectivity index (χ4n) is 4.50. The van der Waals surface area contributed by atoms with Crippen LogP contribution in [0.2, 0.25) is 0 Å². The van der Waals surface area contributed by atoms with Crippen LogP contribution in [0, 0.1) is 12.8 Å². The average Bonchev–Trinajstić information content (AvgIpc) is 2.70. The third-order valence-electron chi connectivity index (χ3n) is 6.23.